The Kier molecular flexibility index (Phi) is 17.1. The standard InChI is InChI=1S/C60H69F2N11O7S/c1-6-43-46(61)19-16-38-26-41(74)27-44(50(38)43)52-51(62)53-45(30-63-52)56(72-31-39-17-18-40(32-72)66-39)69-59(68-53)80-25-9-20-70-21-23-71(24-22-70)49(77)11-8-7-10-48(76)67-55(60(3,4)5)58(79)73-33-42(75)28-47(73)57(78)64-29-36-12-14-37(15-13-36)54-35(2)65-34-81-54/h1,12-16,19,26-27,30,34,39-40,42,47,55,66,74-75H,7-11,17-18,20-25,28-29,31-33H2,2-5H3,(H,64,78)(H,67,76)/t39?,40?,42-,47+,55-/m1/s1. The van der Waals surface area contributed by atoms with Crippen LogP contribution in [0, 0.1) is 36.3 Å². The van der Waals surface area contributed by atoms with Crippen molar-refractivity contribution in [3.05, 3.63) is 88.7 Å². The Labute approximate surface area is 473 Å². The SMILES string of the molecule is C#Cc1c(F)ccc2cc(O)cc(-c3ncc4c(N5CC6CCC(C5)N6)nc(OCCCN5CCN(C(=O)CCCCC(=O)N[C@H](C(=O)N6C[C@H](O)C[C@H]6C(=O)NCc6ccc(-c7scnc7C)cc6)C(C)(C)C)CC5)nc4c3F)c12. The van der Waals surface area contributed by atoms with Crippen LogP contribution in [0.25, 0.3) is 43.4 Å². The number of phenolic OH excluding ortho intramolecular Hbond substituents is 1. The third kappa shape index (κ3) is 12.7. The summed E-state index contributed by atoms with van der Waals surface area (Å²) in [6, 6.07) is 11.9. The number of β-amino-alcohol motifs (C(OH)–C–C–N with tert-alkyl or cyclic N) is 1. The molecule has 18 nitrogen and oxygen atoms in total. The molecule has 2 bridgehead atoms. The van der Waals surface area contributed by atoms with Crippen molar-refractivity contribution in [3.63, 3.8) is 0 Å². The van der Waals surface area contributed by atoms with Gasteiger partial charge < -0.3 is 45.6 Å². The first-order valence-electron chi connectivity index (χ1n) is 27.9. The van der Waals surface area contributed by atoms with E-state index in [-0.39, 0.29) is 108 Å². The smallest absolute Gasteiger partial charge is 0.319 e. The molecule has 10 rings (SSSR count). The molecular formula is C60H69F2N11O7S. The highest BCUT2D eigenvalue weighted by molar-refractivity contribution is 7.13. The van der Waals surface area contributed by atoms with Gasteiger partial charge in [-0.1, -0.05) is 57.0 Å². The summed E-state index contributed by atoms with van der Waals surface area (Å²) in [7, 11) is 0. The fourth-order valence-corrected chi connectivity index (χ4v) is 12.5. The Morgan fingerprint density at radius 1 is 0.951 bits per heavy atom. The number of aromatic hydroxyl groups is 1. The highest BCUT2D eigenvalue weighted by atomic mass is 32.1. The number of aromatic nitrogens is 4. The lowest BCUT2D eigenvalue weighted by Gasteiger charge is -2.35. The van der Waals surface area contributed by atoms with Crippen LogP contribution in [-0.2, 0) is 25.7 Å². The van der Waals surface area contributed by atoms with E-state index in [4.69, 9.17) is 16.1 Å². The molecule has 4 amide bonds. The summed E-state index contributed by atoms with van der Waals surface area (Å²) in [5.74, 6) is 0.137. The van der Waals surface area contributed by atoms with E-state index in [0.717, 1.165) is 34.5 Å². The van der Waals surface area contributed by atoms with Crippen LogP contribution < -0.4 is 25.6 Å². The Balaban J connectivity index is 0.686. The number of thiazole rings is 1. The van der Waals surface area contributed by atoms with Crippen LogP contribution in [-0.4, -0.2) is 158 Å². The molecule has 0 saturated carbocycles. The molecule has 6 aromatic rings. The molecule has 2 unspecified atom stereocenters. The van der Waals surface area contributed by atoms with Crippen LogP contribution in [0.4, 0.5) is 14.6 Å². The van der Waals surface area contributed by atoms with Gasteiger partial charge in [-0.05, 0) is 79.2 Å². The molecule has 5 atom stereocenters. The number of anilines is 1. The van der Waals surface area contributed by atoms with Gasteiger partial charge in [0.1, 0.15) is 40.7 Å². The minimum atomic E-state index is -0.954. The number of pyridine rings is 1. The lowest BCUT2D eigenvalue weighted by Crippen LogP contribution is -2.57. The number of amides is 4. The normalized spacial score (nSPS) is 19.7. The van der Waals surface area contributed by atoms with E-state index in [0.29, 0.717) is 81.7 Å². The molecule has 4 fully saturated rings. The summed E-state index contributed by atoms with van der Waals surface area (Å²) >= 11 is 1.56. The van der Waals surface area contributed by atoms with Crippen molar-refractivity contribution in [3.8, 4) is 45.8 Å². The van der Waals surface area contributed by atoms with Gasteiger partial charge in [0.25, 0.3) is 0 Å². The molecule has 0 aliphatic carbocycles. The van der Waals surface area contributed by atoms with E-state index in [2.05, 4.69) is 46.6 Å². The molecule has 4 aliphatic rings. The average molecular weight is 1130 g/mol. The van der Waals surface area contributed by atoms with E-state index in [1.165, 1.54) is 35.4 Å². The Bertz CT molecular complexity index is 3370. The van der Waals surface area contributed by atoms with E-state index >= 15 is 8.78 Å². The predicted octanol–water partition coefficient (Wildman–Crippen LogP) is 6.47. The topological polar surface area (TPSA) is 219 Å². The zero-order valence-corrected chi connectivity index (χ0v) is 47.0. The zero-order chi connectivity index (χ0) is 57.1. The molecule has 5 N–H and O–H groups in total. The largest absolute Gasteiger partial charge is 0.508 e. The second-order valence-corrected chi connectivity index (χ2v) is 23.6. The molecule has 4 aliphatic heterocycles. The number of nitrogens with one attached hydrogen (secondary N) is 3. The van der Waals surface area contributed by atoms with Crippen molar-refractivity contribution >= 4 is 62.5 Å². The number of ether oxygens (including phenoxy) is 1. The summed E-state index contributed by atoms with van der Waals surface area (Å²) < 4.78 is 38.2. The number of piperazine rings is 2. The molecule has 21 heteroatoms. The van der Waals surface area contributed by atoms with Gasteiger partial charge in [-0.2, -0.15) is 9.97 Å². The fourth-order valence-electron chi connectivity index (χ4n) is 11.6. The van der Waals surface area contributed by atoms with E-state index in [1.807, 2.05) is 62.4 Å². The van der Waals surface area contributed by atoms with Crippen molar-refractivity contribution in [1.29, 1.82) is 0 Å². The van der Waals surface area contributed by atoms with Crippen LogP contribution in [0.5, 0.6) is 11.8 Å². The second-order valence-electron chi connectivity index (χ2n) is 22.8. The van der Waals surface area contributed by atoms with Crippen LogP contribution >= 0.6 is 11.3 Å². The monoisotopic (exact) mass is 1130 g/mol. The number of nitrogens with zero attached hydrogens (tertiary/aromatic N) is 8. The van der Waals surface area contributed by atoms with Crippen LogP contribution in [0.15, 0.2) is 60.2 Å². The number of aliphatic hydroxyl groups excluding tert-OH is 1. The first-order chi connectivity index (χ1) is 38.9. The number of carbonyl (C=O) groups excluding carboxylic acids is 4. The van der Waals surface area contributed by atoms with Crippen molar-refractivity contribution in [2.24, 2.45) is 5.41 Å². The molecule has 0 radical (unpaired) electrons. The molecule has 7 heterocycles. The molecule has 81 heavy (non-hydrogen) atoms. The van der Waals surface area contributed by atoms with Gasteiger partial charge in [-0.3, -0.25) is 29.1 Å². The quantitative estimate of drug-likeness (QED) is 0.0461. The first-order valence-corrected chi connectivity index (χ1v) is 28.8. The fraction of sp³-hybridized carbons (Fsp3) is 0.467. The number of hydrogen-bond acceptors (Lipinski definition) is 15. The van der Waals surface area contributed by atoms with Crippen LogP contribution in [0.3, 0.4) is 0 Å². The molecule has 3 aromatic carbocycles. The summed E-state index contributed by atoms with van der Waals surface area (Å²) in [4.78, 5) is 81.3. The molecular weight excluding hydrogens is 1060 g/mol. The highest BCUT2D eigenvalue weighted by Crippen LogP contribution is 2.40. The lowest BCUT2D eigenvalue weighted by molar-refractivity contribution is -0.144. The maximum absolute atomic E-state index is 17.0. The maximum Gasteiger partial charge on any atom is 0.319 e. The molecule has 426 valence electrons. The number of fused-ring (bicyclic) bond motifs is 4. The summed E-state index contributed by atoms with van der Waals surface area (Å²) in [5, 5.41) is 31.8. The lowest BCUT2D eigenvalue weighted by atomic mass is 9.85. The zero-order valence-electron chi connectivity index (χ0n) is 46.1. The van der Waals surface area contributed by atoms with E-state index in [1.54, 1.807) is 11.3 Å². The number of likely N-dealkylation sites (tertiary alicyclic amines) is 1. The van der Waals surface area contributed by atoms with Gasteiger partial charge in [0.2, 0.25) is 23.6 Å². The molecule has 3 aromatic heterocycles. The number of halogens is 2. The Morgan fingerprint density at radius 2 is 1.69 bits per heavy atom. The number of rotatable bonds is 18. The predicted molar refractivity (Wildman–Crippen MR) is 305 cm³/mol. The number of carbonyl (C=O) groups is 4. The van der Waals surface area contributed by atoms with Gasteiger partial charge in [0, 0.05) is 107 Å². The molecule has 4 saturated heterocycles. The average Bonchev–Trinajstić information content (AvgIpc) is 4.23. The van der Waals surface area contributed by atoms with Gasteiger partial charge in [-0.15, -0.1) is 17.8 Å². The Morgan fingerprint density at radius 3 is 2.40 bits per heavy atom. The minimum absolute atomic E-state index is 0.000906. The van der Waals surface area contributed by atoms with Crippen LogP contribution in [0.2, 0.25) is 0 Å². The second kappa shape index (κ2) is 24.4. The number of unbranched alkanes of at least 4 members (excludes halogenated alkanes) is 1. The number of aliphatic hydroxyl groups is 1. The van der Waals surface area contributed by atoms with Crippen molar-refractivity contribution < 1.29 is 42.9 Å². The van der Waals surface area contributed by atoms with Crippen molar-refractivity contribution in [2.45, 2.75) is 116 Å². The minimum Gasteiger partial charge on any atom is -0.508 e. The third-order valence-corrected chi connectivity index (χ3v) is 16.9. The summed E-state index contributed by atoms with van der Waals surface area (Å²) in [6.45, 7) is 12.4. The maximum atomic E-state index is 17.0. The van der Waals surface area contributed by atoms with Crippen LogP contribution in [0.1, 0.15) is 89.0 Å². The van der Waals surface area contributed by atoms with E-state index < -0.39 is 41.1 Å². The highest BCUT2D eigenvalue weighted by Gasteiger charge is 2.44. The van der Waals surface area contributed by atoms with Gasteiger partial charge in [0.15, 0.2) is 5.82 Å². The Hall–Kier alpha value is -7.38. The van der Waals surface area contributed by atoms with Gasteiger partial charge in [-0.25, -0.2) is 13.8 Å². The number of terminal acetylenes is 1. The summed E-state index contributed by atoms with van der Waals surface area (Å²) in [6.07, 6.45) is 10.4. The first kappa shape index (κ1) is 56.9. The summed E-state index contributed by atoms with van der Waals surface area (Å²) in [5.41, 5.74) is 3.85. The molecule has 0 spiro atoms. The van der Waals surface area contributed by atoms with Crippen molar-refractivity contribution in [1.82, 2.24) is 50.6 Å². The number of phenols is 1. The van der Waals surface area contributed by atoms with Gasteiger partial charge in [0.05, 0.1) is 39.7 Å². The number of benzene rings is 3. The third-order valence-electron chi connectivity index (χ3n) is 15.9. The van der Waals surface area contributed by atoms with Crippen molar-refractivity contribution in [2.75, 3.05) is 63.9 Å². The van der Waals surface area contributed by atoms with E-state index in [9.17, 15) is 29.4 Å². The van der Waals surface area contributed by atoms with Gasteiger partial charge >= 0.3 is 6.01 Å². The number of aryl methyl sites for hydroxylation is 1. The number of hydrogen-bond donors (Lipinski definition) is 5.